The Hall–Kier alpha value is -3.03. The van der Waals surface area contributed by atoms with Crippen LogP contribution < -0.4 is 4.74 Å². The van der Waals surface area contributed by atoms with Crippen molar-refractivity contribution in [3.63, 3.8) is 0 Å². The molecule has 0 unspecified atom stereocenters. The van der Waals surface area contributed by atoms with E-state index in [4.69, 9.17) is 22.1 Å². The number of hydrogen-bond donors (Lipinski definition) is 2. The lowest BCUT2D eigenvalue weighted by Crippen LogP contribution is -2.07. The zero-order valence-corrected chi connectivity index (χ0v) is 18.6. The van der Waals surface area contributed by atoms with E-state index in [1.807, 2.05) is 24.4 Å². The molecule has 0 atom stereocenters. The van der Waals surface area contributed by atoms with Crippen LogP contribution in [0.5, 0.6) is 11.5 Å². The molecule has 0 saturated heterocycles. The molecule has 31 heavy (non-hydrogen) atoms. The van der Waals surface area contributed by atoms with Crippen LogP contribution in [0.2, 0.25) is 0 Å². The first-order valence-corrected chi connectivity index (χ1v) is 11.1. The van der Waals surface area contributed by atoms with Crippen LogP contribution in [0.1, 0.15) is 34.0 Å². The van der Waals surface area contributed by atoms with Crippen LogP contribution in [-0.4, -0.2) is 39.9 Å². The van der Waals surface area contributed by atoms with Crippen LogP contribution in [0.15, 0.2) is 52.8 Å². The van der Waals surface area contributed by atoms with Crippen molar-refractivity contribution in [3.05, 3.63) is 70.1 Å². The van der Waals surface area contributed by atoms with E-state index in [9.17, 15) is 9.90 Å². The summed E-state index contributed by atoms with van der Waals surface area (Å²) in [5, 5.41) is 21.7. The largest absolute Gasteiger partial charge is 0.506 e. The van der Waals surface area contributed by atoms with Crippen molar-refractivity contribution in [2.75, 3.05) is 13.2 Å². The van der Waals surface area contributed by atoms with Crippen LogP contribution in [0, 0.1) is 0 Å². The fourth-order valence-corrected chi connectivity index (χ4v) is 4.72. The molecule has 1 aliphatic heterocycles. The zero-order chi connectivity index (χ0) is 22.0. The first kappa shape index (κ1) is 21.2. The average Bonchev–Trinajstić information content (AvgIpc) is 3.38. The summed E-state index contributed by atoms with van der Waals surface area (Å²) >= 11 is 6.95. The molecule has 0 amide bonds. The Kier molecular flexibility index (Phi) is 6.15. The maximum atomic E-state index is 10.9. The van der Waals surface area contributed by atoms with E-state index in [1.165, 1.54) is 16.9 Å². The van der Waals surface area contributed by atoms with Crippen molar-refractivity contribution in [1.82, 2.24) is 0 Å². The van der Waals surface area contributed by atoms with Crippen molar-refractivity contribution in [2.24, 2.45) is 4.99 Å². The third kappa shape index (κ3) is 4.68. The van der Waals surface area contributed by atoms with Gasteiger partial charge in [0.15, 0.2) is 0 Å². The molecule has 0 fully saturated rings. The Morgan fingerprint density at radius 2 is 2.00 bits per heavy atom. The van der Waals surface area contributed by atoms with Crippen molar-refractivity contribution in [3.8, 4) is 21.9 Å². The minimum atomic E-state index is -0.947. The summed E-state index contributed by atoms with van der Waals surface area (Å²) in [6, 6.07) is 12.7. The molecule has 2 N–H and O–H groups in total. The molecule has 2 aromatic carbocycles. The number of carboxylic acids is 1. The number of fused-ring (bicyclic) bond motifs is 1. The molecule has 0 radical (unpaired) electrons. The molecule has 3 aromatic rings. The SMILES string of the molecule is CC(=NCC(=S)Cc1ccc(C(=O)O)cc1)c1csc(-c2ccc3c(c2)CCO3)c1O. The van der Waals surface area contributed by atoms with E-state index in [1.54, 1.807) is 24.3 Å². The Bertz CT molecular complexity index is 1180. The molecule has 0 spiro atoms. The molecule has 1 aromatic heterocycles. The van der Waals surface area contributed by atoms with Gasteiger partial charge in [-0.05, 0) is 53.9 Å². The van der Waals surface area contributed by atoms with E-state index in [2.05, 4.69) is 11.1 Å². The number of benzene rings is 2. The highest BCUT2D eigenvalue weighted by atomic mass is 32.1. The lowest BCUT2D eigenvalue weighted by molar-refractivity contribution is 0.0697. The van der Waals surface area contributed by atoms with E-state index in [-0.39, 0.29) is 11.3 Å². The lowest BCUT2D eigenvalue weighted by atomic mass is 10.1. The maximum Gasteiger partial charge on any atom is 0.335 e. The van der Waals surface area contributed by atoms with Crippen molar-refractivity contribution < 1.29 is 19.7 Å². The highest BCUT2D eigenvalue weighted by Gasteiger charge is 2.18. The molecule has 2 heterocycles. The number of aliphatic imine (C=N–C) groups is 1. The topological polar surface area (TPSA) is 79.1 Å². The summed E-state index contributed by atoms with van der Waals surface area (Å²) in [4.78, 5) is 17.1. The number of aromatic hydroxyl groups is 1. The first-order valence-electron chi connectivity index (χ1n) is 9.84. The van der Waals surface area contributed by atoms with Gasteiger partial charge in [0.1, 0.15) is 11.5 Å². The summed E-state index contributed by atoms with van der Waals surface area (Å²) in [5.74, 6) is 0.210. The number of carbonyl (C=O) groups is 1. The number of ether oxygens (including phenoxy) is 1. The predicted octanol–water partition coefficient (Wildman–Crippen LogP) is 5.18. The molecule has 0 saturated carbocycles. The van der Waals surface area contributed by atoms with Gasteiger partial charge in [0, 0.05) is 34.4 Å². The second-order valence-corrected chi connectivity index (χ2v) is 8.82. The smallest absolute Gasteiger partial charge is 0.335 e. The molecular formula is C24H21NO4S2. The summed E-state index contributed by atoms with van der Waals surface area (Å²) < 4.78 is 5.56. The van der Waals surface area contributed by atoms with Crippen molar-refractivity contribution in [2.45, 2.75) is 19.8 Å². The number of thiocarbonyl (C=S) groups is 1. The van der Waals surface area contributed by atoms with Gasteiger partial charge in [-0.1, -0.05) is 24.4 Å². The minimum Gasteiger partial charge on any atom is -0.506 e. The van der Waals surface area contributed by atoms with Gasteiger partial charge in [-0.25, -0.2) is 4.79 Å². The van der Waals surface area contributed by atoms with Crippen LogP contribution >= 0.6 is 23.6 Å². The summed E-state index contributed by atoms with van der Waals surface area (Å²) in [5.41, 5.74) is 4.79. The third-order valence-corrected chi connectivity index (χ3v) is 6.49. The fraction of sp³-hybridized carbons (Fsp3) is 0.208. The van der Waals surface area contributed by atoms with Crippen LogP contribution in [0.3, 0.4) is 0 Å². The van der Waals surface area contributed by atoms with Gasteiger partial charge in [-0.3, -0.25) is 4.99 Å². The Morgan fingerprint density at radius 3 is 2.74 bits per heavy atom. The van der Waals surface area contributed by atoms with Gasteiger partial charge < -0.3 is 14.9 Å². The summed E-state index contributed by atoms with van der Waals surface area (Å²) in [6.45, 7) is 2.94. The molecule has 7 heteroatoms. The van der Waals surface area contributed by atoms with E-state index >= 15 is 0 Å². The summed E-state index contributed by atoms with van der Waals surface area (Å²) in [7, 11) is 0. The molecule has 5 nitrogen and oxygen atoms in total. The molecule has 1 aliphatic rings. The monoisotopic (exact) mass is 451 g/mol. The number of carboxylic acid groups (broad SMARTS) is 1. The van der Waals surface area contributed by atoms with Crippen molar-refractivity contribution >= 4 is 40.1 Å². The van der Waals surface area contributed by atoms with Gasteiger partial charge in [0.25, 0.3) is 0 Å². The van der Waals surface area contributed by atoms with Crippen LogP contribution in [-0.2, 0) is 12.8 Å². The maximum absolute atomic E-state index is 10.9. The number of nitrogens with zero attached hydrogens (tertiary/aromatic N) is 1. The van der Waals surface area contributed by atoms with E-state index in [0.717, 1.165) is 38.8 Å². The van der Waals surface area contributed by atoms with Gasteiger partial charge in [0.05, 0.1) is 23.6 Å². The predicted molar refractivity (Wildman–Crippen MR) is 127 cm³/mol. The number of rotatable bonds is 7. The quantitative estimate of drug-likeness (QED) is 0.382. The lowest BCUT2D eigenvalue weighted by Gasteiger charge is -2.05. The normalized spacial score (nSPS) is 13.0. The van der Waals surface area contributed by atoms with E-state index in [0.29, 0.717) is 25.1 Å². The van der Waals surface area contributed by atoms with Gasteiger partial charge in [0.2, 0.25) is 0 Å². The highest BCUT2D eigenvalue weighted by molar-refractivity contribution is 7.80. The molecule has 4 rings (SSSR count). The van der Waals surface area contributed by atoms with E-state index < -0.39 is 5.97 Å². The first-order chi connectivity index (χ1) is 14.9. The number of thiophene rings is 1. The number of hydrogen-bond acceptors (Lipinski definition) is 6. The van der Waals surface area contributed by atoms with Crippen molar-refractivity contribution in [1.29, 1.82) is 0 Å². The fourth-order valence-electron chi connectivity index (χ4n) is 3.48. The second-order valence-electron chi connectivity index (χ2n) is 7.37. The minimum absolute atomic E-state index is 0.236. The zero-order valence-electron chi connectivity index (χ0n) is 16.9. The molecule has 158 valence electrons. The molecule has 0 bridgehead atoms. The van der Waals surface area contributed by atoms with Gasteiger partial charge in [-0.15, -0.1) is 11.3 Å². The Labute approximate surface area is 189 Å². The average molecular weight is 452 g/mol. The second kappa shape index (κ2) is 8.99. The third-order valence-electron chi connectivity index (χ3n) is 5.20. The van der Waals surface area contributed by atoms with Gasteiger partial charge in [-0.2, -0.15) is 0 Å². The van der Waals surface area contributed by atoms with Gasteiger partial charge >= 0.3 is 5.97 Å². The number of aromatic carboxylic acids is 1. The molecular weight excluding hydrogens is 430 g/mol. The highest BCUT2D eigenvalue weighted by Crippen LogP contribution is 2.40. The van der Waals surface area contributed by atoms with Crippen LogP contribution in [0.4, 0.5) is 0 Å². The summed E-state index contributed by atoms with van der Waals surface area (Å²) in [6.07, 6.45) is 1.43. The Balaban J connectivity index is 1.44. The Morgan fingerprint density at radius 1 is 1.23 bits per heavy atom. The van der Waals surface area contributed by atoms with Crippen LogP contribution in [0.25, 0.3) is 10.4 Å². The standard InChI is InChI=1S/C24H21NO4S2/c1-14(25-12-19(30)10-15-2-4-16(5-3-15)24(27)28)20-13-31-23(22(20)26)18-6-7-21-17(11-18)8-9-29-21/h2-7,11,13,26H,8-10,12H2,1H3,(H,27,28). The molecule has 0 aliphatic carbocycles.